The molecule has 1 heterocycles. The number of hydrogen-bond acceptors (Lipinski definition) is 4. The third kappa shape index (κ3) is 5.49. The summed E-state index contributed by atoms with van der Waals surface area (Å²) in [5.74, 6) is 1.73. The molecule has 0 aliphatic rings. The molecule has 0 radical (unpaired) electrons. The smallest absolute Gasteiger partial charge is 0.252 e. The van der Waals surface area contributed by atoms with Gasteiger partial charge in [0.25, 0.3) is 5.91 Å². The summed E-state index contributed by atoms with van der Waals surface area (Å²) in [5, 5.41) is 3.42. The van der Waals surface area contributed by atoms with Crippen LogP contribution in [0.1, 0.15) is 15.2 Å². The number of rotatable bonds is 7. The van der Waals surface area contributed by atoms with Crippen LogP contribution in [-0.2, 0) is 5.75 Å². The maximum Gasteiger partial charge on any atom is 0.252 e. The minimum Gasteiger partial charge on any atom is -0.351 e. The van der Waals surface area contributed by atoms with E-state index in [-0.39, 0.29) is 5.91 Å². The number of nitrogens with one attached hydrogen (secondary N) is 1. The van der Waals surface area contributed by atoms with E-state index in [1.165, 1.54) is 4.88 Å². The predicted molar refractivity (Wildman–Crippen MR) is 104 cm³/mol. The van der Waals surface area contributed by atoms with E-state index in [2.05, 4.69) is 33.4 Å². The first-order chi connectivity index (χ1) is 10.6. The van der Waals surface area contributed by atoms with Crippen molar-refractivity contribution in [1.82, 2.24) is 5.32 Å². The van der Waals surface area contributed by atoms with Gasteiger partial charge in [0.05, 0.1) is 14.4 Å². The van der Waals surface area contributed by atoms with Crippen molar-refractivity contribution in [2.75, 3.05) is 18.6 Å². The second kappa shape index (κ2) is 9.23. The van der Waals surface area contributed by atoms with Gasteiger partial charge in [-0.25, -0.2) is 0 Å². The second-order valence-electron chi connectivity index (χ2n) is 4.36. The van der Waals surface area contributed by atoms with E-state index < -0.39 is 0 Å². The zero-order valence-electron chi connectivity index (χ0n) is 11.9. The Morgan fingerprint density at radius 2 is 2.18 bits per heavy atom. The van der Waals surface area contributed by atoms with Gasteiger partial charge in [-0.05, 0) is 52.5 Å². The molecule has 1 N–H and O–H groups in total. The molecule has 2 nitrogen and oxygen atoms in total. The number of carbonyl (C=O) groups is 1. The highest BCUT2D eigenvalue weighted by atomic mass is 79.9. The first-order valence-electron chi connectivity index (χ1n) is 6.54. The lowest BCUT2D eigenvalue weighted by atomic mass is 10.2. The first-order valence-corrected chi connectivity index (χ1v) is 10.9. The van der Waals surface area contributed by atoms with Gasteiger partial charge in [0.15, 0.2) is 0 Å². The molecule has 0 saturated carbocycles. The average molecular weight is 437 g/mol. The van der Waals surface area contributed by atoms with Crippen LogP contribution in [0.25, 0.3) is 0 Å². The van der Waals surface area contributed by atoms with Gasteiger partial charge in [-0.15, -0.1) is 23.1 Å². The predicted octanol–water partition coefficient (Wildman–Crippen LogP) is 5.55. The van der Waals surface area contributed by atoms with Gasteiger partial charge in [-0.2, -0.15) is 11.8 Å². The SMILES string of the molecule is CSc1ccc(Cl)c(C(=O)NCCSCc2ccc(Br)s2)c1. The van der Waals surface area contributed by atoms with Crippen LogP contribution in [0.5, 0.6) is 0 Å². The van der Waals surface area contributed by atoms with E-state index in [0.29, 0.717) is 17.1 Å². The molecule has 0 bridgehead atoms. The highest BCUT2D eigenvalue weighted by molar-refractivity contribution is 9.11. The summed E-state index contributed by atoms with van der Waals surface area (Å²) in [5.41, 5.74) is 0.542. The van der Waals surface area contributed by atoms with E-state index in [1.54, 1.807) is 40.9 Å². The van der Waals surface area contributed by atoms with Crippen LogP contribution < -0.4 is 5.32 Å². The molecule has 2 aromatic rings. The lowest BCUT2D eigenvalue weighted by molar-refractivity contribution is 0.0956. The van der Waals surface area contributed by atoms with Gasteiger partial charge in [0, 0.05) is 27.8 Å². The van der Waals surface area contributed by atoms with Crippen molar-refractivity contribution < 1.29 is 4.79 Å². The molecule has 118 valence electrons. The minimum atomic E-state index is -0.111. The van der Waals surface area contributed by atoms with Gasteiger partial charge in [0.1, 0.15) is 0 Å². The minimum absolute atomic E-state index is 0.111. The Hall–Kier alpha value is -0.140. The molecule has 1 amide bonds. The maximum absolute atomic E-state index is 12.2. The Kier molecular flexibility index (Phi) is 7.63. The first kappa shape index (κ1) is 18.2. The Bertz CT molecular complexity index is 647. The van der Waals surface area contributed by atoms with E-state index in [9.17, 15) is 4.79 Å². The second-order valence-corrected chi connectivity index (χ2v) is 9.30. The molecular weight excluding hydrogens is 422 g/mol. The van der Waals surface area contributed by atoms with Crippen LogP contribution in [0.2, 0.25) is 5.02 Å². The number of amides is 1. The fourth-order valence-corrected chi connectivity index (χ4v) is 4.83. The summed E-state index contributed by atoms with van der Waals surface area (Å²) in [7, 11) is 0. The summed E-state index contributed by atoms with van der Waals surface area (Å²) < 4.78 is 1.15. The quantitative estimate of drug-likeness (QED) is 0.456. The topological polar surface area (TPSA) is 29.1 Å². The number of benzene rings is 1. The van der Waals surface area contributed by atoms with Crippen molar-refractivity contribution in [3.05, 3.63) is 49.6 Å². The molecule has 22 heavy (non-hydrogen) atoms. The van der Waals surface area contributed by atoms with Crippen molar-refractivity contribution in [3.63, 3.8) is 0 Å². The van der Waals surface area contributed by atoms with Crippen molar-refractivity contribution in [1.29, 1.82) is 0 Å². The normalized spacial score (nSPS) is 10.7. The monoisotopic (exact) mass is 435 g/mol. The highest BCUT2D eigenvalue weighted by Crippen LogP contribution is 2.25. The Morgan fingerprint density at radius 3 is 2.86 bits per heavy atom. The van der Waals surface area contributed by atoms with Crippen LogP contribution >= 0.6 is 62.4 Å². The van der Waals surface area contributed by atoms with Gasteiger partial charge in [-0.1, -0.05) is 11.6 Å². The lowest BCUT2D eigenvalue weighted by Crippen LogP contribution is -2.26. The summed E-state index contributed by atoms with van der Waals surface area (Å²) in [6.07, 6.45) is 1.98. The zero-order chi connectivity index (χ0) is 15.9. The average Bonchev–Trinajstić information content (AvgIpc) is 2.92. The fraction of sp³-hybridized carbons (Fsp3) is 0.267. The number of thioether (sulfide) groups is 2. The summed E-state index contributed by atoms with van der Waals surface area (Å²) in [6.45, 7) is 0.635. The maximum atomic E-state index is 12.2. The van der Waals surface area contributed by atoms with Crippen LogP contribution in [0.15, 0.2) is 39.0 Å². The van der Waals surface area contributed by atoms with Crippen molar-refractivity contribution >= 4 is 68.3 Å². The van der Waals surface area contributed by atoms with Crippen molar-refractivity contribution in [2.24, 2.45) is 0 Å². The van der Waals surface area contributed by atoms with E-state index in [0.717, 1.165) is 20.2 Å². The number of hydrogen-bond donors (Lipinski definition) is 1. The van der Waals surface area contributed by atoms with Gasteiger partial charge >= 0.3 is 0 Å². The van der Waals surface area contributed by atoms with E-state index >= 15 is 0 Å². The fourth-order valence-electron chi connectivity index (χ4n) is 1.74. The third-order valence-electron chi connectivity index (χ3n) is 2.82. The molecular formula is C15H15BrClNOS3. The molecule has 0 saturated heterocycles. The van der Waals surface area contributed by atoms with E-state index in [1.807, 2.05) is 18.4 Å². The number of halogens is 2. The lowest BCUT2D eigenvalue weighted by Gasteiger charge is -2.08. The zero-order valence-corrected chi connectivity index (χ0v) is 16.7. The molecule has 1 aromatic heterocycles. The van der Waals surface area contributed by atoms with Crippen molar-refractivity contribution in [3.8, 4) is 0 Å². The molecule has 0 fully saturated rings. The summed E-state index contributed by atoms with van der Waals surface area (Å²) in [6, 6.07) is 9.69. The molecule has 0 aliphatic heterocycles. The largest absolute Gasteiger partial charge is 0.351 e. The van der Waals surface area contributed by atoms with Gasteiger partial charge in [0.2, 0.25) is 0 Å². The highest BCUT2D eigenvalue weighted by Gasteiger charge is 2.10. The number of thiophene rings is 1. The molecule has 1 aromatic carbocycles. The molecule has 0 aliphatic carbocycles. The van der Waals surface area contributed by atoms with Crippen LogP contribution in [0, 0.1) is 0 Å². The molecule has 0 unspecified atom stereocenters. The van der Waals surface area contributed by atoms with Gasteiger partial charge in [-0.3, -0.25) is 4.79 Å². The Morgan fingerprint density at radius 1 is 1.36 bits per heavy atom. The van der Waals surface area contributed by atoms with Crippen LogP contribution in [0.4, 0.5) is 0 Å². The molecule has 7 heteroatoms. The third-order valence-corrected chi connectivity index (χ3v) is 6.69. The standard InChI is InChI=1S/C15H15BrClNOS3/c1-20-10-2-4-13(17)12(8-10)15(19)18-6-7-21-9-11-3-5-14(16)22-11/h2-5,8H,6-7,9H2,1H3,(H,18,19). The molecule has 2 rings (SSSR count). The Labute approximate surface area is 156 Å². The van der Waals surface area contributed by atoms with Gasteiger partial charge < -0.3 is 5.32 Å². The Balaban J connectivity index is 1.76. The van der Waals surface area contributed by atoms with Crippen molar-refractivity contribution in [2.45, 2.75) is 10.6 Å². The van der Waals surface area contributed by atoms with E-state index in [4.69, 9.17) is 11.6 Å². The summed E-state index contributed by atoms with van der Waals surface area (Å²) in [4.78, 5) is 14.5. The summed E-state index contributed by atoms with van der Waals surface area (Å²) >= 11 is 14.7. The van der Waals surface area contributed by atoms with Crippen LogP contribution in [0.3, 0.4) is 0 Å². The number of carbonyl (C=O) groups excluding carboxylic acids is 1. The molecule has 0 spiro atoms. The molecule has 0 atom stereocenters. The van der Waals surface area contributed by atoms with Crippen LogP contribution in [-0.4, -0.2) is 24.5 Å².